The van der Waals surface area contributed by atoms with Crippen molar-refractivity contribution in [1.29, 1.82) is 5.26 Å². The lowest BCUT2D eigenvalue weighted by Crippen LogP contribution is -2.14. The van der Waals surface area contributed by atoms with Crippen LogP contribution in [0.4, 0.5) is 0 Å². The average Bonchev–Trinajstić information content (AvgIpc) is 2.76. The van der Waals surface area contributed by atoms with Crippen LogP contribution in [0.5, 0.6) is 0 Å². The molecule has 0 fully saturated rings. The van der Waals surface area contributed by atoms with Gasteiger partial charge in [-0.05, 0) is 76.4 Å². The van der Waals surface area contributed by atoms with E-state index in [1.54, 1.807) is 11.1 Å². The second-order valence-electron chi connectivity index (χ2n) is 8.29. The number of hydrogen-bond donors (Lipinski definition) is 0. The van der Waals surface area contributed by atoms with E-state index in [2.05, 4.69) is 43.3 Å². The van der Waals surface area contributed by atoms with Gasteiger partial charge >= 0.3 is 0 Å². The molecule has 0 amide bonds. The summed E-state index contributed by atoms with van der Waals surface area (Å²) in [5.41, 5.74) is 6.26. The van der Waals surface area contributed by atoms with Gasteiger partial charge in [0.1, 0.15) is 0 Å². The fourth-order valence-corrected chi connectivity index (χ4v) is 4.71. The molecule has 0 N–H and O–H groups in total. The van der Waals surface area contributed by atoms with Crippen molar-refractivity contribution in [2.75, 3.05) is 0 Å². The second-order valence-corrected chi connectivity index (χ2v) is 8.29. The lowest BCUT2D eigenvalue weighted by Gasteiger charge is -2.26. The zero-order chi connectivity index (χ0) is 19.3. The molecule has 3 aromatic rings. The van der Waals surface area contributed by atoms with E-state index in [1.165, 1.54) is 73.3 Å². The van der Waals surface area contributed by atoms with Crippen LogP contribution in [0.1, 0.15) is 62.1 Å². The van der Waals surface area contributed by atoms with Gasteiger partial charge in [0, 0.05) is 0 Å². The van der Waals surface area contributed by atoms with Gasteiger partial charge in [0.05, 0.1) is 11.6 Å². The highest BCUT2D eigenvalue weighted by molar-refractivity contribution is 5.91. The number of nitriles is 1. The summed E-state index contributed by atoms with van der Waals surface area (Å²) in [6, 6.07) is 21.6. The van der Waals surface area contributed by atoms with E-state index in [9.17, 15) is 0 Å². The van der Waals surface area contributed by atoms with Crippen LogP contribution in [0.2, 0.25) is 0 Å². The molecule has 0 spiro atoms. The summed E-state index contributed by atoms with van der Waals surface area (Å²) in [4.78, 5) is 0. The third kappa shape index (κ3) is 3.97. The Morgan fingerprint density at radius 3 is 2.54 bits per heavy atom. The van der Waals surface area contributed by atoms with Crippen molar-refractivity contribution in [1.82, 2.24) is 0 Å². The van der Waals surface area contributed by atoms with Crippen LogP contribution in [-0.2, 0) is 12.8 Å². The Labute approximate surface area is 169 Å². The minimum absolute atomic E-state index is 0.711. The first-order valence-corrected chi connectivity index (χ1v) is 10.8. The molecule has 1 unspecified atom stereocenters. The normalized spacial score (nSPS) is 15.9. The van der Waals surface area contributed by atoms with Crippen molar-refractivity contribution in [3.05, 3.63) is 71.3 Å². The Morgan fingerprint density at radius 1 is 0.929 bits per heavy atom. The van der Waals surface area contributed by atoms with Crippen molar-refractivity contribution in [3.63, 3.8) is 0 Å². The molecule has 4 rings (SSSR count). The maximum Gasteiger partial charge on any atom is 0.0991 e. The summed E-state index contributed by atoms with van der Waals surface area (Å²) in [7, 11) is 0. The molecular weight excluding hydrogens is 338 g/mol. The summed E-state index contributed by atoms with van der Waals surface area (Å²) < 4.78 is 0. The number of fused-ring (bicyclic) bond motifs is 3. The quantitative estimate of drug-likeness (QED) is 0.415. The predicted octanol–water partition coefficient (Wildman–Crippen LogP) is 7.45. The fraction of sp³-hybridized carbons (Fsp3) is 0.370. The van der Waals surface area contributed by atoms with E-state index >= 15 is 0 Å². The molecule has 0 aliphatic heterocycles. The molecule has 3 aromatic carbocycles. The van der Waals surface area contributed by atoms with Gasteiger partial charge in [0.25, 0.3) is 0 Å². The van der Waals surface area contributed by atoms with E-state index in [4.69, 9.17) is 5.26 Å². The van der Waals surface area contributed by atoms with E-state index in [1.807, 2.05) is 24.3 Å². The molecule has 28 heavy (non-hydrogen) atoms. The van der Waals surface area contributed by atoms with Crippen LogP contribution in [0.25, 0.3) is 21.9 Å². The molecule has 1 atom stereocenters. The minimum atomic E-state index is 0.711. The lowest BCUT2D eigenvalue weighted by atomic mass is 9.79. The third-order valence-electron chi connectivity index (χ3n) is 6.35. The Morgan fingerprint density at radius 2 is 1.75 bits per heavy atom. The summed E-state index contributed by atoms with van der Waals surface area (Å²) in [6.45, 7) is 2.29. The minimum Gasteiger partial charge on any atom is -0.192 e. The Hall–Kier alpha value is -2.59. The number of benzene rings is 3. The maximum atomic E-state index is 8.99. The zero-order valence-electron chi connectivity index (χ0n) is 16.9. The van der Waals surface area contributed by atoms with Crippen LogP contribution in [-0.4, -0.2) is 0 Å². The number of nitrogens with zero attached hydrogens (tertiary/aromatic N) is 1. The molecule has 0 saturated carbocycles. The van der Waals surface area contributed by atoms with Crippen LogP contribution in [0.15, 0.2) is 54.6 Å². The Balaban J connectivity index is 1.54. The van der Waals surface area contributed by atoms with Gasteiger partial charge in [-0.2, -0.15) is 5.26 Å². The summed E-state index contributed by atoms with van der Waals surface area (Å²) in [6.07, 6.45) is 10.7. The first kappa shape index (κ1) is 18.8. The summed E-state index contributed by atoms with van der Waals surface area (Å²) in [5.74, 6) is 0.875. The highest BCUT2D eigenvalue weighted by Crippen LogP contribution is 2.35. The molecule has 1 nitrogen and oxygen atoms in total. The van der Waals surface area contributed by atoms with Gasteiger partial charge in [-0.1, -0.05) is 75.4 Å². The molecular formula is C27H29N. The average molecular weight is 368 g/mol. The van der Waals surface area contributed by atoms with Crippen molar-refractivity contribution in [3.8, 4) is 17.2 Å². The monoisotopic (exact) mass is 367 g/mol. The van der Waals surface area contributed by atoms with Gasteiger partial charge in [0.2, 0.25) is 0 Å². The van der Waals surface area contributed by atoms with Gasteiger partial charge in [0.15, 0.2) is 0 Å². The number of unbranched alkanes of at least 4 members (excludes halogenated alkanes) is 3. The zero-order valence-corrected chi connectivity index (χ0v) is 16.9. The van der Waals surface area contributed by atoms with Crippen LogP contribution in [0.3, 0.4) is 0 Å². The van der Waals surface area contributed by atoms with Crippen molar-refractivity contribution < 1.29 is 0 Å². The first-order valence-electron chi connectivity index (χ1n) is 10.8. The molecule has 1 aliphatic carbocycles. The maximum absolute atomic E-state index is 8.99. The summed E-state index contributed by atoms with van der Waals surface area (Å²) in [5, 5.41) is 11.8. The number of aryl methyl sites for hydroxylation is 1. The van der Waals surface area contributed by atoms with E-state index in [0.717, 1.165) is 5.92 Å². The molecule has 0 radical (unpaired) electrons. The second kappa shape index (κ2) is 8.61. The topological polar surface area (TPSA) is 23.8 Å². The van der Waals surface area contributed by atoms with Gasteiger partial charge in [-0.15, -0.1) is 0 Å². The highest BCUT2D eigenvalue weighted by atomic mass is 14.3. The smallest absolute Gasteiger partial charge is 0.0991 e. The highest BCUT2D eigenvalue weighted by Gasteiger charge is 2.20. The predicted molar refractivity (Wildman–Crippen MR) is 118 cm³/mol. The molecule has 0 heterocycles. The molecule has 1 heteroatoms. The van der Waals surface area contributed by atoms with Gasteiger partial charge in [-0.25, -0.2) is 0 Å². The molecule has 0 bridgehead atoms. The molecule has 142 valence electrons. The van der Waals surface area contributed by atoms with Crippen LogP contribution < -0.4 is 0 Å². The van der Waals surface area contributed by atoms with E-state index < -0.39 is 0 Å². The van der Waals surface area contributed by atoms with Crippen LogP contribution in [0, 0.1) is 17.2 Å². The van der Waals surface area contributed by atoms with Crippen molar-refractivity contribution in [2.24, 2.45) is 5.92 Å². The Bertz CT molecular complexity index is 991. The number of rotatable bonds is 6. The van der Waals surface area contributed by atoms with E-state index in [0.29, 0.717) is 5.56 Å². The van der Waals surface area contributed by atoms with Crippen LogP contribution >= 0.6 is 0 Å². The third-order valence-corrected chi connectivity index (χ3v) is 6.35. The SMILES string of the molecule is CCCCCCC1CCc2c(ccc3cc(-c4ccc(C#N)cc4)ccc23)C1. The van der Waals surface area contributed by atoms with Crippen molar-refractivity contribution >= 4 is 10.8 Å². The largest absolute Gasteiger partial charge is 0.192 e. The lowest BCUT2D eigenvalue weighted by molar-refractivity contribution is 0.407. The molecule has 0 saturated heterocycles. The molecule has 1 aliphatic rings. The summed E-state index contributed by atoms with van der Waals surface area (Å²) >= 11 is 0. The first-order chi connectivity index (χ1) is 13.8. The standard InChI is InChI=1S/C27H29N/c1-2-3-4-5-6-20-9-15-26-24(17-20)12-13-25-18-23(14-16-27(25)26)22-10-7-21(19-28)8-11-22/h7-8,10-14,16,18,20H,2-6,9,15,17H2,1H3. The van der Waals surface area contributed by atoms with Crippen molar-refractivity contribution in [2.45, 2.75) is 58.3 Å². The van der Waals surface area contributed by atoms with E-state index in [-0.39, 0.29) is 0 Å². The fourth-order valence-electron chi connectivity index (χ4n) is 4.71. The van der Waals surface area contributed by atoms with Gasteiger partial charge in [-0.3, -0.25) is 0 Å². The molecule has 0 aromatic heterocycles. The van der Waals surface area contributed by atoms with Gasteiger partial charge < -0.3 is 0 Å². The number of hydrogen-bond acceptors (Lipinski definition) is 1. The Kier molecular flexibility index (Phi) is 5.77.